The van der Waals surface area contributed by atoms with Crippen LogP contribution in [0.25, 0.3) is 0 Å². The molecule has 0 radical (unpaired) electrons. The van der Waals surface area contributed by atoms with Gasteiger partial charge in [0.1, 0.15) is 0 Å². The van der Waals surface area contributed by atoms with Crippen LogP contribution in [0.15, 0.2) is 23.6 Å². The molecule has 98 valence electrons. The molecular weight excluding hydrogens is 242 g/mol. The molecule has 0 saturated carbocycles. The maximum Gasteiger partial charge on any atom is 0.0597 e. The summed E-state index contributed by atoms with van der Waals surface area (Å²) < 4.78 is 1.95. The van der Waals surface area contributed by atoms with E-state index in [-0.39, 0.29) is 0 Å². The summed E-state index contributed by atoms with van der Waals surface area (Å²) in [6, 6.07) is 6.88. The van der Waals surface area contributed by atoms with Crippen LogP contribution < -0.4 is 5.32 Å². The summed E-state index contributed by atoms with van der Waals surface area (Å²) in [7, 11) is 2.00. The largest absolute Gasteiger partial charge is 0.303 e. The van der Waals surface area contributed by atoms with Crippen LogP contribution >= 0.6 is 11.3 Å². The minimum absolute atomic E-state index is 0.417. The number of hydrogen-bond donors (Lipinski definition) is 1. The lowest BCUT2D eigenvalue weighted by Crippen LogP contribution is -2.25. The molecule has 0 fully saturated rings. The second kappa shape index (κ2) is 5.67. The molecule has 0 spiro atoms. The van der Waals surface area contributed by atoms with Gasteiger partial charge in [0.15, 0.2) is 0 Å². The molecule has 0 aromatic carbocycles. The highest BCUT2D eigenvalue weighted by Gasteiger charge is 2.16. The standard InChI is InChI=1S/C14H21N3S/c1-10(2)14(13-6-5-7-18-13)15-9-12-8-11(3)16-17(12)4/h5-8,10,14-15H,9H2,1-4H3. The van der Waals surface area contributed by atoms with Gasteiger partial charge >= 0.3 is 0 Å². The van der Waals surface area contributed by atoms with Gasteiger partial charge in [-0.15, -0.1) is 11.3 Å². The molecule has 1 N–H and O–H groups in total. The highest BCUT2D eigenvalue weighted by molar-refractivity contribution is 7.10. The number of nitrogens with one attached hydrogen (secondary N) is 1. The Morgan fingerprint density at radius 1 is 1.44 bits per heavy atom. The van der Waals surface area contributed by atoms with E-state index in [1.54, 1.807) is 0 Å². The van der Waals surface area contributed by atoms with Gasteiger partial charge in [-0.05, 0) is 30.4 Å². The van der Waals surface area contributed by atoms with Crippen molar-refractivity contribution in [1.82, 2.24) is 15.1 Å². The number of rotatable bonds is 5. The third-order valence-electron chi connectivity index (χ3n) is 3.12. The molecule has 2 rings (SSSR count). The van der Waals surface area contributed by atoms with Crippen LogP contribution in [-0.2, 0) is 13.6 Å². The van der Waals surface area contributed by atoms with Crippen molar-refractivity contribution in [3.8, 4) is 0 Å². The number of aryl methyl sites for hydroxylation is 2. The highest BCUT2D eigenvalue weighted by atomic mass is 32.1. The van der Waals surface area contributed by atoms with Crippen molar-refractivity contribution in [2.45, 2.75) is 33.4 Å². The van der Waals surface area contributed by atoms with Crippen LogP contribution in [0.3, 0.4) is 0 Å². The molecule has 3 nitrogen and oxygen atoms in total. The summed E-state index contributed by atoms with van der Waals surface area (Å²) in [5.41, 5.74) is 2.31. The maximum atomic E-state index is 4.38. The van der Waals surface area contributed by atoms with E-state index < -0.39 is 0 Å². The second-order valence-corrected chi connectivity index (χ2v) is 6.00. The predicted octanol–water partition coefficient (Wildman–Crippen LogP) is 3.28. The summed E-state index contributed by atoms with van der Waals surface area (Å²) in [4.78, 5) is 1.41. The van der Waals surface area contributed by atoms with Crippen molar-refractivity contribution < 1.29 is 0 Å². The van der Waals surface area contributed by atoms with E-state index in [9.17, 15) is 0 Å². The van der Waals surface area contributed by atoms with Gasteiger partial charge < -0.3 is 5.32 Å². The first-order valence-corrected chi connectivity index (χ1v) is 7.22. The van der Waals surface area contributed by atoms with Crippen LogP contribution in [0.4, 0.5) is 0 Å². The van der Waals surface area contributed by atoms with Crippen molar-refractivity contribution >= 4 is 11.3 Å². The Morgan fingerprint density at radius 2 is 2.22 bits per heavy atom. The Bertz CT molecular complexity index is 485. The second-order valence-electron chi connectivity index (χ2n) is 5.02. The molecule has 0 aliphatic heterocycles. The van der Waals surface area contributed by atoms with Crippen molar-refractivity contribution in [2.75, 3.05) is 0 Å². The van der Waals surface area contributed by atoms with E-state index in [1.807, 2.05) is 30.0 Å². The van der Waals surface area contributed by atoms with Gasteiger partial charge in [0.05, 0.1) is 11.4 Å². The fourth-order valence-electron chi connectivity index (χ4n) is 2.18. The molecule has 0 bridgehead atoms. The predicted molar refractivity (Wildman–Crippen MR) is 76.7 cm³/mol. The number of nitrogens with zero attached hydrogens (tertiary/aromatic N) is 2. The van der Waals surface area contributed by atoms with Gasteiger partial charge in [-0.1, -0.05) is 19.9 Å². The van der Waals surface area contributed by atoms with Gasteiger partial charge in [0.25, 0.3) is 0 Å². The zero-order valence-electron chi connectivity index (χ0n) is 11.5. The fourth-order valence-corrected chi connectivity index (χ4v) is 3.15. The van der Waals surface area contributed by atoms with Gasteiger partial charge in [-0.25, -0.2) is 0 Å². The van der Waals surface area contributed by atoms with Crippen molar-refractivity contribution in [2.24, 2.45) is 13.0 Å². The Kier molecular flexibility index (Phi) is 4.19. The Balaban J connectivity index is 2.05. The van der Waals surface area contributed by atoms with E-state index >= 15 is 0 Å². The quantitative estimate of drug-likeness (QED) is 0.897. The monoisotopic (exact) mass is 263 g/mol. The molecule has 0 amide bonds. The molecule has 1 unspecified atom stereocenters. The third kappa shape index (κ3) is 3.00. The molecule has 0 aliphatic rings. The SMILES string of the molecule is Cc1cc(CNC(c2cccs2)C(C)C)n(C)n1. The number of aromatic nitrogens is 2. The zero-order chi connectivity index (χ0) is 13.1. The van der Waals surface area contributed by atoms with E-state index in [0.717, 1.165) is 12.2 Å². The zero-order valence-corrected chi connectivity index (χ0v) is 12.3. The smallest absolute Gasteiger partial charge is 0.0597 e. The van der Waals surface area contributed by atoms with Gasteiger partial charge in [-0.3, -0.25) is 4.68 Å². The van der Waals surface area contributed by atoms with Crippen molar-refractivity contribution in [3.63, 3.8) is 0 Å². The van der Waals surface area contributed by atoms with E-state index in [1.165, 1.54) is 10.6 Å². The van der Waals surface area contributed by atoms with Gasteiger partial charge in [-0.2, -0.15) is 5.10 Å². The summed E-state index contributed by atoms with van der Waals surface area (Å²) in [6.07, 6.45) is 0. The Morgan fingerprint density at radius 3 is 2.72 bits per heavy atom. The summed E-state index contributed by atoms with van der Waals surface area (Å²) >= 11 is 1.82. The van der Waals surface area contributed by atoms with E-state index in [2.05, 4.69) is 47.8 Å². The number of thiophene rings is 1. The first-order valence-electron chi connectivity index (χ1n) is 6.34. The average molecular weight is 263 g/mol. The normalized spacial score (nSPS) is 13.2. The van der Waals surface area contributed by atoms with Crippen molar-refractivity contribution in [3.05, 3.63) is 39.8 Å². The molecule has 2 aromatic rings. The minimum atomic E-state index is 0.417. The number of hydrogen-bond acceptors (Lipinski definition) is 3. The molecule has 1 atom stereocenters. The van der Waals surface area contributed by atoms with Crippen LogP contribution in [0, 0.1) is 12.8 Å². The lowest BCUT2D eigenvalue weighted by atomic mass is 10.0. The van der Waals surface area contributed by atoms with Crippen LogP contribution in [0.2, 0.25) is 0 Å². The lowest BCUT2D eigenvalue weighted by Gasteiger charge is -2.21. The molecular formula is C14H21N3S. The summed E-state index contributed by atoms with van der Waals surface area (Å²) in [5, 5.41) is 10.2. The lowest BCUT2D eigenvalue weighted by molar-refractivity contribution is 0.410. The first kappa shape index (κ1) is 13.3. The van der Waals surface area contributed by atoms with Gasteiger partial charge in [0.2, 0.25) is 0 Å². The molecule has 0 saturated heterocycles. The average Bonchev–Trinajstić information content (AvgIpc) is 2.89. The molecule has 18 heavy (non-hydrogen) atoms. The van der Waals surface area contributed by atoms with Crippen molar-refractivity contribution in [1.29, 1.82) is 0 Å². The van der Waals surface area contributed by atoms with Gasteiger partial charge in [0, 0.05) is 24.5 Å². The maximum absolute atomic E-state index is 4.38. The minimum Gasteiger partial charge on any atom is -0.303 e. The van der Waals surface area contributed by atoms with E-state index in [4.69, 9.17) is 0 Å². The van der Waals surface area contributed by atoms with Crippen LogP contribution in [0.1, 0.15) is 36.2 Å². The Hall–Kier alpha value is -1.13. The Labute approximate surface area is 113 Å². The first-order chi connectivity index (χ1) is 8.58. The summed E-state index contributed by atoms with van der Waals surface area (Å²) in [5.74, 6) is 0.581. The third-order valence-corrected chi connectivity index (χ3v) is 4.07. The van der Waals surface area contributed by atoms with Crippen LogP contribution in [-0.4, -0.2) is 9.78 Å². The topological polar surface area (TPSA) is 29.9 Å². The molecule has 2 heterocycles. The highest BCUT2D eigenvalue weighted by Crippen LogP contribution is 2.26. The fraction of sp³-hybridized carbons (Fsp3) is 0.500. The summed E-state index contributed by atoms with van der Waals surface area (Å²) in [6.45, 7) is 7.40. The molecule has 2 aromatic heterocycles. The van der Waals surface area contributed by atoms with E-state index in [0.29, 0.717) is 12.0 Å². The molecule has 4 heteroatoms. The molecule has 0 aliphatic carbocycles. The van der Waals surface area contributed by atoms with Crippen LogP contribution in [0.5, 0.6) is 0 Å².